The smallest absolute Gasteiger partial charge is 1.00 e. The maximum absolute atomic E-state index is 9.36. The first-order valence-corrected chi connectivity index (χ1v) is 17.1. The van der Waals surface area contributed by atoms with Gasteiger partial charge in [-0.05, 0) is 12.1 Å². The standard InChI is InChI=1S/C22H49B12O2S.Na/c1-2-3-4-5-9-12-19-37(29-33(30(23)24)34(31(25)26)32(27)28)20-13-10-7-6-8-11-18-36-22-16-14-21(35)15-17-22;/h14-17,25,35H,2-13,18-20,23-24,26-28H2,1H3;/q-1;+1/i23-1,24-1,25-1,26-1,27-1,28-1,29-1,30-1,31-1,32-1,33-1,34-1;. The molecule has 0 aliphatic rings. The van der Waals surface area contributed by atoms with Gasteiger partial charge in [-0.1, -0.05) is 0 Å². The molecule has 0 amide bonds. The van der Waals surface area contributed by atoms with Gasteiger partial charge in [-0.25, -0.2) is 0 Å². The van der Waals surface area contributed by atoms with E-state index in [1.807, 2.05) is 12.1 Å². The Kier molecular flexibility index (Phi) is 25.2. The Labute approximate surface area is 270 Å². The number of benzene rings is 1. The van der Waals surface area contributed by atoms with Crippen molar-refractivity contribution in [3.63, 3.8) is 0 Å². The molecule has 1 aromatic carbocycles. The fraction of sp³-hybridized carbons (Fsp3) is 0.727. The molecule has 0 heterocycles. The van der Waals surface area contributed by atoms with Crippen LogP contribution in [0.25, 0.3) is 0 Å². The summed E-state index contributed by atoms with van der Waals surface area (Å²) in [6.07, 6.45) is 19.3. The van der Waals surface area contributed by atoms with Crippen LogP contribution in [0.15, 0.2) is 24.3 Å². The molecule has 1 rings (SSSR count). The van der Waals surface area contributed by atoms with Crippen LogP contribution in [-0.2, 0) is 0 Å². The molecule has 0 aliphatic heterocycles. The molecule has 1 unspecified atom stereocenters. The van der Waals surface area contributed by atoms with Gasteiger partial charge in [0.15, 0.2) is 0 Å². The molecule has 0 aliphatic carbocycles. The maximum atomic E-state index is 9.36. The van der Waals surface area contributed by atoms with Crippen molar-refractivity contribution in [2.75, 3.05) is 18.1 Å². The zero-order valence-electron chi connectivity index (χ0n) is 26.4. The number of unbranched alkanes of at least 4 members (excludes halogenated alkanes) is 10. The molecule has 0 spiro atoms. The minimum atomic E-state index is 0. The first-order chi connectivity index (χ1) is 17.8. The molecule has 2 nitrogen and oxygen atoms in total. The van der Waals surface area contributed by atoms with E-state index in [1.54, 1.807) is 12.1 Å². The summed E-state index contributed by atoms with van der Waals surface area (Å²) in [5.41, 5.74) is 0. The molecule has 0 aromatic heterocycles. The molecule has 1 aromatic rings. The molecule has 0 saturated heterocycles. The zero-order valence-corrected chi connectivity index (χ0v) is 29.2. The van der Waals surface area contributed by atoms with Crippen LogP contribution in [0.2, 0.25) is 0 Å². The van der Waals surface area contributed by atoms with E-state index in [9.17, 15) is 5.11 Å². The van der Waals surface area contributed by atoms with Crippen molar-refractivity contribution in [1.29, 1.82) is 0 Å². The summed E-state index contributed by atoms with van der Waals surface area (Å²) >= 11 is 0. The van der Waals surface area contributed by atoms with Crippen molar-refractivity contribution < 1.29 is 39.4 Å². The first kappa shape index (κ1) is 38.9. The minimum absolute atomic E-state index is 0. The second-order valence-corrected chi connectivity index (χ2v) is 14.1. The van der Waals surface area contributed by atoms with Crippen LogP contribution >= 0.6 is 10.3 Å². The summed E-state index contributed by atoms with van der Waals surface area (Å²) in [6.45, 7) is 3.07. The summed E-state index contributed by atoms with van der Waals surface area (Å²) in [5.74, 6) is 3.92. The fourth-order valence-electron chi connectivity index (χ4n) is 5.53. The van der Waals surface area contributed by atoms with Crippen molar-refractivity contribution in [2.45, 2.75) is 84.0 Å². The van der Waals surface area contributed by atoms with Crippen LogP contribution in [0, 0.1) is 0 Å². The second-order valence-electron chi connectivity index (χ2n) is 11.9. The van der Waals surface area contributed by atoms with Crippen molar-refractivity contribution in [1.82, 2.24) is 0 Å². The van der Waals surface area contributed by atoms with E-state index in [2.05, 4.69) is 59.4 Å². The molecular formula is C22H49B12NaO2S. The summed E-state index contributed by atoms with van der Waals surface area (Å²) in [6, 6.07) is 9.85. The summed E-state index contributed by atoms with van der Waals surface area (Å²) in [5, 5.41) is 9.36. The van der Waals surface area contributed by atoms with Gasteiger partial charge in [-0.2, -0.15) is 0 Å². The zero-order chi connectivity index (χ0) is 27.5. The second kappa shape index (κ2) is 24.5. The Morgan fingerprint density at radius 2 is 1.29 bits per heavy atom. The predicted octanol–water partition coefficient (Wildman–Crippen LogP) is -3.30. The number of phenols is 1. The summed E-state index contributed by atoms with van der Waals surface area (Å²) < 4.78 is 5.78. The monoisotopic (exact) mass is 520 g/mol. The Hall–Kier alpha value is 0.949. The Morgan fingerprint density at radius 1 is 0.789 bits per heavy atom. The molecule has 1 atom stereocenters. The number of hydrogen-bond donors (Lipinski definition) is 1. The summed E-state index contributed by atoms with van der Waals surface area (Å²) in [4.78, 5) is 0. The Bertz CT molecular complexity index is 723. The van der Waals surface area contributed by atoms with E-state index < -0.39 is 0 Å². The number of phenolic OH excluding ortho intramolecular Hbond substituents is 1. The van der Waals surface area contributed by atoms with Gasteiger partial charge in [0.05, 0.1) is 0 Å². The Morgan fingerprint density at radius 3 is 1.76 bits per heavy atom. The van der Waals surface area contributed by atoms with Crippen LogP contribution in [0.3, 0.4) is 0 Å². The third kappa shape index (κ3) is 18.4. The van der Waals surface area contributed by atoms with Gasteiger partial charge < -0.3 is 5.11 Å². The molecule has 192 valence electrons. The number of hydrogen-bond acceptors (Lipinski definition) is 2. The third-order valence-corrected chi connectivity index (χ3v) is 9.98. The van der Waals surface area contributed by atoms with Crippen LogP contribution in [0.5, 0.6) is 11.5 Å². The molecular weight excluding hydrogens is 471 g/mol. The molecule has 16 heteroatoms. The third-order valence-electron chi connectivity index (χ3n) is 7.66. The van der Waals surface area contributed by atoms with Gasteiger partial charge in [0, 0.05) is 0 Å². The number of rotatable bonds is 22. The van der Waals surface area contributed by atoms with Gasteiger partial charge in [-0.15, -0.1) is 0 Å². The number of aromatic hydroxyl groups is 1. The maximum Gasteiger partial charge on any atom is 1.00 e. The first-order valence-electron chi connectivity index (χ1n) is 15.5. The normalized spacial score (nSPS) is 11.2. The average molecular weight is 521 g/mol. The van der Waals surface area contributed by atoms with E-state index in [-0.39, 0.29) is 35.3 Å². The van der Waals surface area contributed by atoms with E-state index >= 15 is 0 Å². The molecule has 1 N–H and O–H groups in total. The molecule has 38 heavy (non-hydrogen) atoms. The Balaban J connectivity index is 0.0000137. The van der Waals surface area contributed by atoms with Crippen molar-refractivity contribution in [3.05, 3.63) is 24.3 Å². The van der Waals surface area contributed by atoms with Gasteiger partial charge in [0.1, 0.15) is 5.75 Å². The molecule has 0 saturated carbocycles. The van der Waals surface area contributed by atoms with Crippen LogP contribution in [0.4, 0.5) is 0 Å². The quantitative estimate of drug-likeness (QED) is 0.128. The number of ether oxygens (including phenoxy) is 1. The van der Waals surface area contributed by atoms with Gasteiger partial charge in [0.2, 0.25) is 0 Å². The summed E-state index contributed by atoms with van der Waals surface area (Å²) in [7, 11) is 16.9. The predicted molar refractivity (Wildman–Crippen MR) is 196 cm³/mol. The van der Waals surface area contributed by atoms with Crippen LogP contribution < -0.4 is 34.3 Å². The molecule has 0 fully saturated rings. The molecule has 2 radical (unpaired) electrons. The van der Waals surface area contributed by atoms with E-state index in [0.717, 1.165) is 18.8 Å². The van der Waals surface area contributed by atoms with Crippen molar-refractivity contribution >= 4 is 94.7 Å². The largest absolute Gasteiger partial charge is 1.00 e. The van der Waals surface area contributed by atoms with Crippen LogP contribution in [-0.4, -0.2) is 108 Å². The van der Waals surface area contributed by atoms with Crippen LogP contribution in [0.1, 0.15) is 84.0 Å². The topological polar surface area (TPSA) is 29.5 Å². The van der Waals surface area contributed by atoms with Gasteiger partial charge >= 0.3 is 249 Å². The van der Waals surface area contributed by atoms with E-state index in [4.69, 9.17) is 4.74 Å². The van der Waals surface area contributed by atoms with Gasteiger partial charge in [0.25, 0.3) is 0 Å². The molecule has 0 bridgehead atoms. The average Bonchev–Trinajstić information content (AvgIpc) is 2.84. The van der Waals surface area contributed by atoms with E-state index in [1.165, 1.54) is 82.1 Å². The minimum Gasteiger partial charge on any atom is 1.00 e. The van der Waals surface area contributed by atoms with E-state index in [0.29, 0.717) is 42.2 Å². The fourth-order valence-corrected chi connectivity index (χ4v) is 8.10. The van der Waals surface area contributed by atoms with Crippen molar-refractivity contribution in [3.8, 4) is 11.5 Å². The SMILES string of the molecule is [10BH-][10B]([10BH2])[10B]([10B]([10BH2])[10BH2])[10B]([10B]=S(CCCCCCCC)CCCCCCCCOc1ccc(O)cc1)[10B]([10BH2])[10BH2].[Na+]. The van der Waals surface area contributed by atoms with Crippen molar-refractivity contribution in [2.24, 2.45) is 0 Å². The van der Waals surface area contributed by atoms with Gasteiger partial charge in [-0.3, -0.25) is 0 Å².